The van der Waals surface area contributed by atoms with E-state index in [2.05, 4.69) is 22.5 Å². The molecule has 1 heterocycles. The maximum absolute atomic E-state index is 12.6. The highest BCUT2D eigenvalue weighted by atomic mass is 79.9. The molecule has 0 aromatic heterocycles. The number of ether oxygens (including phenoxy) is 1. The van der Waals surface area contributed by atoms with Crippen molar-refractivity contribution in [2.24, 2.45) is 0 Å². The number of nitrogens with zero attached hydrogens (tertiary/aromatic N) is 3. The van der Waals surface area contributed by atoms with Gasteiger partial charge in [0.1, 0.15) is 17.9 Å². The van der Waals surface area contributed by atoms with Crippen LogP contribution in [-0.4, -0.2) is 45.7 Å². The Morgan fingerprint density at radius 1 is 1.15 bits per heavy atom. The van der Waals surface area contributed by atoms with Crippen LogP contribution in [0.3, 0.4) is 0 Å². The SMILES string of the molecule is C=CCc1cc(C=C2C(=O)N(C)C(=S)N(C)C2=O)cc(Br)c1OCc1ccc([N+](=O)[O-])cc1. The molecule has 0 aliphatic carbocycles. The van der Waals surface area contributed by atoms with E-state index < -0.39 is 16.7 Å². The van der Waals surface area contributed by atoms with E-state index in [4.69, 9.17) is 17.0 Å². The number of likely N-dealkylation sites (N-methyl/N-ethyl adjacent to an activating group) is 2. The molecule has 0 bridgehead atoms. The Hall–Kier alpha value is -3.37. The van der Waals surface area contributed by atoms with Crippen molar-refractivity contribution >= 4 is 56.8 Å². The monoisotopic (exact) mass is 529 g/mol. The molecule has 1 aliphatic heterocycles. The number of nitro benzene ring substituents is 1. The quantitative estimate of drug-likeness (QED) is 0.133. The number of amides is 2. The van der Waals surface area contributed by atoms with Gasteiger partial charge in [0, 0.05) is 26.2 Å². The van der Waals surface area contributed by atoms with Gasteiger partial charge in [-0.3, -0.25) is 29.5 Å². The Labute approximate surface area is 204 Å². The third kappa shape index (κ3) is 5.18. The zero-order chi connectivity index (χ0) is 24.3. The number of non-ortho nitro benzene ring substituents is 1. The molecule has 0 unspecified atom stereocenters. The molecule has 8 nitrogen and oxygen atoms in total. The normalized spacial score (nSPS) is 13.9. The predicted molar refractivity (Wildman–Crippen MR) is 132 cm³/mol. The summed E-state index contributed by atoms with van der Waals surface area (Å²) in [5.41, 5.74) is 2.20. The average molecular weight is 530 g/mol. The van der Waals surface area contributed by atoms with Gasteiger partial charge in [-0.05, 0) is 81.6 Å². The minimum Gasteiger partial charge on any atom is -0.487 e. The first kappa shape index (κ1) is 24.3. The average Bonchev–Trinajstić information content (AvgIpc) is 2.79. The van der Waals surface area contributed by atoms with Crippen LogP contribution in [0.15, 0.2) is 59.1 Å². The first-order valence-corrected chi connectivity index (χ1v) is 11.0. The zero-order valence-electron chi connectivity index (χ0n) is 17.9. The summed E-state index contributed by atoms with van der Waals surface area (Å²) in [7, 11) is 3.05. The zero-order valence-corrected chi connectivity index (χ0v) is 20.3. The maximum atomic E-state index is 12.6. The van der Waals surface area contributed by atoms with Gasteiger partial charge in [0.15, 0.2) is 5.11 Å². The van der Waals surface area contributed by atoms with Crippen LogP contribution in [-0.2, 0) is 22.6 Å². The van der Waals surface area contributed by atoms with Gasteiger partial charge in [0.2, 0.25) is 0 Å². The third-order valence-corrected chi connectivity index (χ3v) is 6.13. The molecule has 0 radical (unpaired) electrons. The van der Waals surface area contributed by atoms with Crippen LogP contribution < -0.4 is 4.74 Å². The minimum atomic E-state index is -0.469. The molecule has 2 aromatic carbocycles. The summed E-state index contributed by atoms with van der Waals surface area (Å²) < 4.78 is 6.62. The number of carbonyl (C=O) groups excluding carboxylic acids is 2. The lowest BCUT2D eigenvalue weighted by atomic mass is 10.0. The molecule has 3 rings (SSSR count). The second kappa shape index (κ2) is 10.1. The van der Waals surface area contributed by atoms with E-state index in [0.29, 0.717) is 22.2 Å². The van der Waals surface area contributed by atoms with Gasteiger partial charge < -0.3 is 4.74 Å². The topological polar surface area (TPSA) is 93.0 Å². The fourth-order valence-corrected chi connectivity index (χ4v) is 4.04. The Morgan fingerprint density at radius 2 is 1.76 bits per heavy atom. The Bertz CT molecular complexity index is 1170. The van der Waals surface area contributed by atoms with Gasteiger partial charge in [-0.25, -0.2) is 0 Å². The van der Waals surface area contributed by atoms with Crippen molar-refractivity contribution in [1.29, 1.82) is 0 Å². The highest BCUT2D eigenvalue weighted by molar-refractivity contribution is 9.10. The van der Waals surface area contributed by atoms with E-state index in [0.717, 1.165) is 11.1 Å². The fourth-order valence-electron chi connectivity index (χ4n) is 3.24. The molecule has 2 aromatic rings. The van der Waals surface area contributed by atoms with Crippen LogP contribution in [0.2, 0.25) is 0 Å². The number of allylic oxidation sites excluding steroid dienone is 1. The van der Waals surface area contributed by atoms with Gasteiger partial charge in [0.25, 0.3) is 17.5 Å². The van der Waals surface area contributed by atoms with Crippen molar-refractivity contribution < 1.29 is 19.2 Å². The van der Waals surface area contributed by atoms with E-state index in [1.54, 1.807) is 24.3 Å². The number of halogens is 1. The minimum absolute atomic E-state index is 0.00426. The first-order chi connectivity index (χ1) is 15.6. The number of hydrogen-bond donors (Lipinski definition) is 0. The largest absolute Gasteiger partial charge is 0.487 e. The number of rotatable bonds is 7. The van der Waals surface area contributed by atoms with E-state index in [-0.39, 0.29) is 23.0 Å². The highest BCUT2D eigenvalue weighted by Crippen LogP contribution is 2.33. The Balaban J connectivity index is 1.91. The molecular formula is C23H20BrN3O5S. The van der Waals surface area contributed by atoms with Crippen molar-refractivity contribution in [1.82, 2.24) is 9.80 Å². The molecule has 0 atom stereocenters. The summed E-state index contributed by atoms with van der Waals surface area (Å²) in [4.78, 5) is 38.1. The summed E-state index contributed by atoms with van der Waals surface area (Å²) in [6, 6.07) is 9.68. The van der Waals surface area contributed by atoms with Crippen molar-refractivity contribution in [3.05, 3.63) is 85.9 Å². The Kier molecular flexibility index (Phi) is 7.39. The second-order valence-corrected chi connectivity index (χ2v) is 8.48. The van der Waals surface area contributed by atoms with E-state index >= 15 is 0 Å². The maximum Gasteiger partial charge on any atom is 0.269 e. The third-order valence-electron chi connectivity index (χ3n) is 4.99. The number of thiocarbonyl (C=S) groups is 1. The highest BCUT2D eigenvalue weighted by Gasteiger charge is 2.35. The molecule has 1 aliphatic rings. The van der Waals surface area contributed by atoms with Crippen LogP contribution in [0.25, 0.3) is 6.08 Å². The standard InChI is InChI=1S/C23H20BrN3O5S/c1-4-5-16-10-15(11-18-21(28)25(2)23(33)26(3)22(18)29)12-19(24)20(16)32-13-14-6-8-17(9-7-14)27(30)31/h4,6-12H,1,5,13H2,2-3H3. The van der Waals surface area contributed by atoms with Crippen LogP contribution >= 0.6 is 28.1 Å². The molecular weight excluding hydrogens is 510 g/mol. The molecule has 0 spiro atoms. The van der Waals surface area contributed by atoms with Crippen LogP contribution in [0.4, 0.5) is 5.69 Å². The molecule has 10 heteroatoms. The van der Waals surface area contributed by atoms with Gasteiger partial charge in [0.05, 0.1) is 9.40 Å². The fraction of sp³-hybridized carbons (Fsp3) is 0.174. The molecule has 1 saturated heterocycles. The van der Waals surface area contributed by atoms with Gasteiger partial charge in [-0.2, -0.15) is 0 Å². The summed E-state index contributed by atoms with van der Waals surface area (Å²) in [6.07, 6.45) is 3.72. The van der Waals surface area contributed by atoms with Crippen LogP contribution in [0, 0.1) is 10.1 Å². The molecule has 33 heavy (non-hydrogen) atoms. The van der Waals surface area contributed by atoms with Crippen molar-refractivity contribution in [3.63, 3.8) is 0 Å². The predicted octanol–water partition coefficient (Wildman–Crippen LogP) is 4.26. The molecule has 0 N–H and O–H groups in total. The summed E-state index contributed by atoms with van der Waals surface area (Å²) in [6.45, 7) is 3.98. The second-order valence-electron chi connectivity index (χ2n) is 7.26. The summed E-state index contributed by atoms with van der Waals surface area (Å²) in [5.74, 6) is -0.363. The molecule has 1 fully saturated rings. The summed E-state index contributed by atoms with van der Waals surface area (Å²) >= 11 is 8.63. The lowest BCUT2D eigenvalue weighted by molar-refractivity contribution is -0.384. The number of benzene rings is 2. The van der Waals surface area contributed by atoms with Crippen LogP contribution in [0.5, 0.6) is 5.75 Å². The van der Waals surface area contributed by atoms with Crippen LogP contribution in [0.1, 0.15) is 16.7 Å². The number of carbonyl (C=O) groups is 2. The number of nitro groups is 1. The summed E-state index contributed by atoms with van der Waals surface area (Å²) in [5, 5.41) is 11.0. The van der Waals surface area contributed by atoms with E-state index in [1.807, 2.05) is 6.07 Å². The van der Waals surface area contributed by atoms with Crippen molar-refractivity contribution in [2.75, 3.05) is 14.1 Å². The lowest BCUT2D eigenvalue weighted by Gasteiger charge is -2.31. The number of hydrogen-bond acceptors (Lipinski definition) is 6. The van der Waals surface area contributed by atoms with E-state index in [1.165, 1.54) is 42.1 Å². The molecule has 0 saturated carbocycles. The smallest absolute Gasteiger partial charge is 0.269 e. The Morgan fingerprint density at radius 3 is 2.30 bits per heavy atom. The van der Waals surface area contributed by atoms with Gasteiger partial charge in [-0.1, -0.05) is 6.08 Å². The van der Waals surface area contributed by atoms with Crippen molar-refractivity contribution in [2.45, 2.75) is 13.0 Å². The molecule has 170 valence electrons. The molecule has 2 amide bonds. The lowest BCUT2D eigenvalue weighted by Crippen LogP contribution is -2.52. The van der Waals surface area contributed by atoms with E-state index in [9.17, 15) is 19.7 Å². The van der Waals surface area contributed by atoms with Gasteiger partial charge in [-0.15, -0.1) is 6.58 Å². The first-order valence-electron chi connectivity index (χ1n) is 9.75. The van der Waals surface area contributed by atoms with Crippen molar-refractivity contribution in [3.8, 4) is 5.75 Å². The van der Waals surface area contributed by atoms with Gasteiger partial charge >= 0.3 is 0 Å².